The molecule has 1 aliphatic carbocycles. The van der Waals surface area contributed by atoms with Crippen molar-refractivity contribution in [2.75, 3.05) is 26.7 Å². The zero-order valence-electron chi connectivity index (χ0n) is 18.4. The lowest BCUT2D eigenvalue weighted by molar-refractivity contribution is -0.137. The van der Waals surface area contributed by atoms with Crippen molar-refractivity contribution >= 4 is 11.9 Å². The Bertz CT molecular complexity index is 968. The number of benzene rings is 2. The Morgan fingerprint density at radius 1 is 1.09 bits per heavy atom. The summed E-state index contributed by atoms with van der Waals surface area (Å²) in [7, 11) is 1.60. The first-order chi connectivity index (χ1) is 15.3. The van der Waals surface area contributed by atoms with Gasteiger partial charge >= 0.3 is 6.18 Å². The Labute approximate surface area is 186 Å². The van der Waals surface area contributed by atoms with E-state index in [1.54, 1.807) is 19.2 Å². The van der Waals surface area contributed by atoms with Crippen LogP contribution in [0.2, 0.25) is 0 Å². The molecule has 2 aromatic carbocycles. The van der Waals surface area contributed by atoms with E-state index in [1.165, 1.54) is 12.1 Å². The van der Waals surface area contributed by atoms with Gasteiger partial charge in [0.05, 0.1) is 12.1 Å². The molecular formula is C24H29F3N4O. The van der Waals surface area contributed by atoms with Crippen molar-refractivity contribution in [1.82, 2.24) is 16.0 Å². The third-order valence-corrected chi connectivity index (χ3v) is 5.66. The number of halogens is 3. The van der Waals surface area contributed by atoms with Crippen LogP contribution in [0.25, 0.3) is 0 Å². The lowest BCUT2D eigenvalue weighted by Gasteiger charge is -2.17. The van der Waals surface area contributed by atoms with Crippen molar-refractivity contribution in [2.45, 2.75) is 37.8 Å². The molecule has 3 N–H and O–H groups in total. The molecule has 1 amide bonds. The monoisotopic (exact) mass is 446 g/mol. The molecule has 0 bridgehead atoms. The molecule has 0 atom stereocenters. The largest absolute Gasteiger partial charge is 0.416 e. The van der Waals surface area contributed by atoms with Crippen molar-refractivity contribution in [3.8, 4) is 0 Å². The average molecular weight is 447 g/mol. The molecule has 1 fully saturated rings. The van der Waals surface area contributed by atoms with E-state index < -0.39 is 11.7 Å². The minimum atomic E-state index is -4.35. The molecule has 172 valence electrons. The number of nitrogens with zero attached hydrogens (tertiary/aromatic N) is 1. The third kappa shape index (κ3) is 6.02. The second-order valence-electron chi connectivity index (χ2n) is 8.01. The van der Waals surface area contributed by atoms with Gasteiger partial charge in [0, 0.05) is 31.1 Å². The van der Waals surface area contributed by atoms with Crippen LogP contribution in [-0.2, 0) is 18.0 Å². The van der Waals surface area contributed by atoms with Gasteiger partial charge in [-0.1, -0.05) is 30.3 Å². The normalized spacial score (nSPS) is 15.2. The Morgan fingerprint density at radius 3 is 2.50 bits per heavy atom. The number of hydrogen-bond donors (Lipinski definition) is 3. The van der Waals surface area contributed by atoms with Crippen LogP contribution >= 0.6 is 0 Å². The molecule has 5 nitrogen and oxygen atoms in total. The van der Waals surface area contributed by atoms with Crippen LogP contribution in [-0.4, -0.2) is 38.5 Å². The Kier molecular flexibility index (Phi) is 7.43. The van der Waals surface area contributed by atoms with Gasteiger partial charge in [0.2, 0.25) is 0 Å². The van der Waals surface area contributed by atoms with Gasteiger partial charge in [-0.05, 0) is 55.5 Å². The molecule has 0 saturated heterocycles. The molecule has 1 aliphatic rings. The van der Waals surface area contributed by atoms with Crippen LogP contribution in [0.3, 0.4) is 0 Å². The predicted molar refractivity (Wildman–Crippen MR) is 120 cm³/mol. The van der Waals surface area contributed by atoms with E-state index in [2.05, 4.69) is 20.9 Å². The van der Waals surface area contributed by atoms with Crippen molar-refractivity contribution < 1.29 is 18.0 Å². The van der Waals surface area contributed by atoms with E-state index in [0.29, 0.717) is 43.1 Å². The van der Waals surface area contributed by atoms with Crippen LogP contribution in [0.5, 0.6) is 0 Å². The smallest absolute Gasteiger partial charge is 0.357 e. The minimum Gasteiger partial charge on any atom is -0.357 e. The summed E-state index contributed by atoms with van der Waals surface area (Å²) in [6.07, 6.45) is -2.00. The van der Waals surface area contributed by atoms with Gasteiger partial charge < -0.3 is 16.0 Å². The topological polar surface area (TPSA) is 65.5 Å². The van der Waals surface area contributed by atoms with Gasteiger partial charge in [-0.25, -0.2) is 0 Å². The summed E-state index contributed by atoms with van der Waals surface area (Å²) < 4.78 is 39.3. The summed E-state index contributed by atoms with van der Waals surface area (Å²) in [6, 6.07) is 13.0. The first-order valence-corrected chi connectivity index (χ1v) is 10.8. The van der Waals surface area contributed by atoms with Crippen LogP contribution in [0.4, 0.5) is 13.2 Å². The third-order valence-electron chi connectivity index (χ3n) is 5.66. The number of amides is 1. The molecule has 1 saturated carbocycles. The van der Waals surface area contributed by atoms with E-state index in [-0.39, 0.29) is 11.3 Å². The van der Waals surface area contributed by atoms with Gasteiger partial charge in [-0.15, -0.1) is 0 Å². The summed E-state index contributed by atoms with van der Waals surface area (Å²) in [5.41, 5.74) is 1.39. The number of hydrogen-bond acceptors (Lipinski definition) is 2. The molecule has 3 rings (SSSR count). The molecule has 32 heavy (non-hydrogen) atoms. The second kappa shape index (κ2) is 10.1. The number of rotatable bonds is 8. The highest BCUT2D eigenvalue weighted by Crippen LogP contribution is 2.49. The quantitative estimate of drug-likeness (QED) is 0.426. The van der Waals surface area contributed by atoms with Crippen LogP contribution in [0, 0.1) is 0 Å². The molecule has 0 unspecified atom stereocenters. The maximum atomic E-state index is 13.1. The summed E-state index contributed by atoms with van der Waals surface area (Å²) in [6.45, 7) is 3.67. The summed E-state index contributed by atoms with van der Waals surface area (Å²) in [5.74, 6) is 0.507. The summed E-state index contributed by atoms with van der Waals surface area (Å²) in [4.78, 5) is 16.4. The standard InChI is InChI=1S/C24H29F3N4O/c1-3-29-22(30-13-10-17-6-4-7-18(14-17)21(32)28-2)31-16-23(11-12-23)19-8-5-9-20(15-19)24(25,26)27/h4-9,14-15H,3,10-13,16H2,1-2H3,(H,28,32)(H2,29,30,31). The van der Waals surface area contributed by atoms with Crippen molar-refractivity contribution in [3.05, 3.63) is 70.8 Å². The number of carbonyl (C=O) groups excluding carboxylic acids is 1. The number of carbonyl (C=O) groups is 1. The van der Waals surface area contributed by atoms with E-state index >= 15 is 0 Å². The fourth-order valence-corrected chi connectivity index (χ4v) is 3.62. The second-order valence-corrected chi connectivity index (χ2v) is 8.01. The number of guanidine groups is 1. The highest BCUT2D eigenvalue weighted by Gasteiger charge is 2.45. The molecule has 0 spiro atoms. The van der Waals surface area contributed by atoms with Gasteiger partial charge in [-0.3, -0.25) is 9.79 Å². The van der Waals surface area contributed by atoms with Crippen molar-refractivity contribution in [1.29, 1.82) is 0 Å². The van der Waals surface area contributed by atoms with Crippen molar-refractivity contribution in [3.63, 3.8) is 0 Å². The fourth-order valence-electron chi connectivity index (χ4n) is 3.62. The highest BCUT2D eigenvalue weighted by molar-refractivity contribution is 5.94. The highest BCUT2D eigenvalue weighted by atomic mass is 19.4. The maximum absolute atomic E-state index is 13.1. The molecular weight excluding hydrogens is 417 g/mol. The zero-order chi connectivity index (χ0) is 23.2. The molecule has 0 aromatic heterocycles. The number of alkyl halides is 3. The molecule has 0 aliphatic heterocycles. The number of nitrogens with one attached hydrogen (secondary N) is 3. The van der Waals surface area contributed by atoms with Crippen LogP contribution in [0.15, 0.2) is 53.5 Å². The lowest BCUT2D eigenvalue weighted by atomic mass is 9.94. The van der Waals surface area contributed by atoms with E-state index in [9.17, 15) is 18.0 Å². The van der Waals surface area contributed by atoms with E-state index in [0.717, 1.165) is 24.5 Å². The van der Waals surface area contributed by atoms with E-state index in [4.69, 9.17) is 0 Å². The zero-order valence-corrected chi connectivity index (χ0v) is 18.4. The summed E-state index contributed by atoms with van der Waals surface area (Å²) in [5, 5.41) is 9.08. The first kappa shape index (κ1) is 23.6. The Morgan fingerprint density at radius 2 is 1.84 bits per heavy atom. The molecule has 0 radical (unpaired) electrons. The lowest BCUT2D eigenvalue weighted by Crippen LogP contribution is -2.39. The first-order valence-electron chi connectivity index (χ1n) is 10.8. The molecule has 0 heterocycles. The van der Waals surface area contributed by atoms with Gasteiger partial charge in [0.1, 0.15) is 0 Å². The van der Waals surface area contributed by atoms with Gasteiger partial charge in [0.15, 0.2) is 5.96 Å². The SMILES string of the molecule is CCNC(=NCC1(c2cccc(C(F)(F)F)c2)CC1)NCCc1cccc(C(=O)NC)c1. The predicted octanol–water partition coefficient (Wildman–Crippen LogP) is 3.89. The Balaban J connectivity index is 1.62. The average Bonchev–Trinajstić information content (AvgIpc) is 3.58. The van der Waals surface area contributed by atoms with Crippen LogP contribution in [0.1, 0.15) is 46.8 Å². The van der Waals surface area contributed by atoms with Crippen molar-refractivity contribution in [2.24, 2.45) is 4.99 Å². The Hall–Kier alpha value is -3.03. The van der Waals surface area contributed by atoms with Gasteiger partial charge in [-0.2, -0.15) is 13.2 Å². The molecule has 2 aromatic rings. The minimum absolute atomic E-state index is 0.126. The number of aliphatic imine (C=N–C) groups is 1. The van der Waals surface area contributed by atoms with E-state index in [1.807, 2.05) is 25.1 Å². The molecule has 8 heteroatoms. The summed E-state index contributed by atoms with van der Waals surface area (Å²) >= 11 is 0. The fraction of sp³-hybridized carbons (Fsp3) is 0.417. The maximum Gasteiger partial charge on any atom is 0.416 e. The van der Waals surface area contributed by atoms with Crippen LogP contribution < -0.4 is 16.0 Å². The van der Waals surface area contributed by atoms with Gasteiger partial charge in [0.25, 0.3) is 5.91 Å².